The molecular formula is C14H19NO3. The lowest BCUT2D eigenvalue weighted by Gasteiger charge is -2.09. The zero-order valence-electron chi connectivity index (χ0n) is 10.6. The molecule has 0 bridgehead atoms. The van der Waals surface area contributed by atoms with Crippen molar-refractivity contribution in [3.8, 4) is 5.75 Å². The van der Waals surface area contributed by atoms with E-state index in [2.05, 4.69) is 4.74 Å². The number of rotatable bonds is 4. The van der Waals surface area contributed by atoms with Gasteiger partial charge in [0, 0.05) is 12.5 Å². The molecule has 4 nitrogen and oxygen atoms in total. The Labute approximate surface area is 107 Å². The summed E-state index contributed by atoms with van der Waals surface area (Å²) in [4.78, 5) is 11.0. The Morgan fingerprint density at radius 3 is 3.00 bits per heavy atom. The Bertz CT molecular complexity index is 457. The van der Waals surface area contributed by atoms with Crippen molar-refractivity contribution in [1.29, 1.82) is 0 Å². The van der Waals surface area contributed by atoms with Crippen molar-refractivity contribution in [2.75, 3.05) is 7.11 Å². The van der Waals surface area contributed by atoms with Crippen molar-refractivity contribution in [3.63, 3.8) is 0 Å². The molecule has 4 heteroatoms. The molecule has 0 amide bonds. The van der Waals surface area contributed by atoms with Crippen LogP contribution in [0.1, 0.15) is 29.5 Å². The number of fused-ring (bicyclic) bond motifs is 1. The first kappa shape index (κ1) is 12.9. The topological polar surface area (TPSA) is 72.5 Å². The molecule has 0 radical (unpaired) electrons. The smallest absolute Gasteiger partial charge is 0.305 e. The average molecular weight is 249 g/mol. The Morgan fingerprint density at radius 1 is 1.50 bits per heavy atom. The largest absolute Gasteiger partial charge is 0.507 e. The molecule has 18 heavy (non-hydrogen) atoms. The van der Waals surface area contributed by atoms with E-state index in [-0.39, 0.29) is 12.0 Å². The van der Waals surface area contributed by atoms with E-state index in [1.165, 1.54) is 7.11 Å². The Balaban J connectivity index is 2.02. The van der Waals surface area contributed by atoms with Gasteiger partial charge < -0.3 is 15.6 Å². The van der Waals surface area contributed by atoms with Gasteiger partial charge in [0.2, 0.25) is 0 Å². The number of aromatic hydroxyl groups is 1. The second-order valence-corrected chi connectivity index (χ2v) is 4.81. The second kappa shape index (κ2) is 5.40. The summed E-state index contributed by atoms with van der Waals surface area (Å²) in [6.45, 7) is 0. The minimum Gasteiger partial charge on any atom is -0.507 e. The SMILES string of the molecule is COC(=O)CCCc1ccc2c(c1O)CC(N)C2. The van der Waals surface area contributed by atoms with E-state index in [1.807, 2.05) is 12.1 Å². The molecule has 98 valence electrons. The lowest BCUT2D eigenvalue weighted by molar-refractivity contribution is -0.140. The number of phenols is 1. The van der Waals surface area contributed by atoms with Gasteiger partial charge in [0.15, 0.2) is 0 Å². The molecule has 1 aromatic rings. The first-order valence-corrected chi connectivity index (χ1v) is 6.26. The van der Waals surface area contributed by atoms with Crippen LogP contribution in [0.25, 0.3) is 0 Å². The average Bonchev–Trinajstić information content (AvgIpc) is 2.73. The number of ether oxygens (including phenoxy) is 1. The zero-order valence-corrected chi connectivity index (χ0v) is 10.6. The van der Waals surface area contributed by atoms with E-state index in [1.54, 1.807) is 0 Å². The van der Waals surface area contributed by atoms with Gasteiger partial charge in [-0.3, -0.25) is 4.79 Å². The van der Waals surface area contributed by atoms with Crippen molar-refractivity contribution < 1.29 is 14.6 Å². The molecule has 0 aromatic heterocycles. The first-order valence-electron chi connectivity index (χ1n) is 6.26. The maximum atomic E-state index is 11.0. The standard InChI is InChI=1S/C14H19NO3/c1-18-13(16)4-2-3-9-5-6-10-7-11(15)8-12(10)14(9)17/h5-6,11,17H,2-4,7-8,15H2,1H3. The maximum Gasteiger partial charge on any atom is 0.305 e. The molecule has 3 N–H and O–H groups in total. The maximum absolute atomic E-state index is 11.0. The van der Waals surface area contributed by atoms with E-state index in [4.69, 9.17) is 5.73 Å². The summed E-state index contributed by atoms with van der Waals surface area (Å²) >= 11 is 0. The Hall–Kier alpha value is -1.55. The van der Waals surface area contributed by atoms with Crippen LogP contribution in [-0.2, 0) is 28.8 Å². The highest BCUT2D eigenvalue weighted by molar-refractivity contribution is 5.69. The van der Waals surface area contributed by atoms with Crippen LogP contribution in [0.2, 0.25) is 0 Å². The van der Waals surface area contributed by atoms with Crippen LogP contribution in [0.3, 0.4) is 0 Å². The van der Waals surface area contributed by atoms with Gasteiger partial charge in [-0.15, -0.1) is 0 Å². The minimum absolute atomic E-state index is 0.121. The highest BCUT2D eigenvalue weighted by Gasteiger charge is 2.22. The van der Waals surface area contributed by atoms with Gasteiger partial charge in [-0.05, 0) is 42.4 Å². The third-order valence-corrected chi connectivity index (χ3v) is 3.47. The van der Waals surface area contributed by atoms with Crippen LogP contribution >= 0.6 is 0 Å². The molecule has 2 rings (SSSR count). The lowest BCUT2D eigenvalue weighted by Crippen LogP contribution is -2.19. The molecule has 1 aliphatic rings. The van der Waals surface area contributed by atoms with Crippen LogP contribution in [0.5, 0.6) is 5.75 Å². The molecular weight excluding hydrogens is 230 g/mol. The van der Waals surface area contributed by atoms with Gasteiger partial charge in [0.05, 0.1) is 7.11 Å². The number of hydrogen-bond donors (Lipinski definition) is 2. The summed E-state index contributed by atoms with van der Waals surface area (Å²) in [6.07, 6.45) is 3.33. The summed E-state index contributed by atoms with van der Waals surface area (Å²) in [7, 11) is 1.39. The van der Waals surface area contributed by atoms with Crippen LogP contribution < -0.4 is 5.73 Å². The van der Waals surface area contributed by atoms with Crippen LogP contribution in [0, 0.1) is 0 Å². The van der Waals surface area contributed by atoms with Crippen LogP contribution in [-0.4, -0.2) is 24.2 Å². The van der Waals surface area contributed by atoms with Crippen molar-refractivity contribution in [3.05, 3.63) is 28.8 Å². The number of aryl methyl sites for hydroxylation is 1. The van der Waals surface area contributed by atoms with Crippen molar-refractivity contribution >= 4 is 5.97 Å². The van der Waals surface area contributed by atoms with E-state index in [0.717, 1.165) is 29.5 Å². The van der Waals surface area contributed by atoms with Crippen LogP contribution in [0.4, 0.5) is 0 Å². The van der Waals surface area contributed by atoms with Gasteiger partial charge in [-0.2, -0.15) is 0 Å². The van der Waals surface area contributed by atoms with Crippen molar-refractivity contribution in [1.82, 2.24) is 0 Å². The summed E-state index contributed by atoms with van der Waals surface area (Å²) in [6, 6.07) is 4.09. The summed E-state index contributed by atoms with van der Waals surface area (Å²) < 4.78 is 4.59. The van der Waals surface area contributed by atoms with E-state index >= 15 is 0 Å². The number of nitrogens with two attached hydrogens (primary N) is 1. The minimum atomic E-state index is -0.210. The van der Waals surface area contributed by atoms with Crippen LogP contribution in [0.15, 0.2) is 12.1 Å². The highest BCUT2D eigenvalue weighted by atomic mass is 16.5. The highest BCUT2D eigenvalue weighted by Crippen LogP contribution is 2.33. The number of carbonyl (C=O) groups is 1. The predicted octanol–water partition coefficient (Wildman–Crippen LogP) is 1.31. The molecule has 1 aliphatic carbocycles. The summed E-state index contributed by atoms with van der Waals surface area (Å²) in [5.74, 6) is 0.156. The van der Waals surface area contributed by atoms with Gasteiger partial charge >= 0.3 is 5.97 Å². The third kappa shape index (κ3) is 2.64. The van der Waals surface area contributed by atoms with Crippen molar-refractivity contribution in [2.45, 2.75) is 38.1 Å². The van der Waals surface area contributed by atoms with Crippen molar-refractivity contribution in [2.24, 2.45) is 5.73 Å². The van der Waals surface area contributed by atoms with Gasteiger partial charge in [-0.25, -0.2) is 0 Å². The fraction of sp³-hybridized carbons (Fsp3) is 0.500. The molecule has 0 spiro atoms. The predicted molar refractivity (Wildman–Crippen MR) is 68.4 cm³/mol. The second-order valence-electron chi connectivity index (χ2n) is 4.81. The monoisotopic (exact) mass is 249 g/mol. The number of benzene rings is 1. The quantitative estimate of drug-likeness (QED) is 0.789. The molecule has 0 saturated carbocycles. The van der Waals surface area contributed by atoms with Gasteiger partial charge in [0.1, 0.15) is 5.75 Å². The third-order valence-electron chi connectivity index (χ3n) is 3.47. The number of esters is 1. The molecule has 0 fully saturated rings. The van der Waals surface area contributed by atoms with E-state index in [9.17, 15) is 9.90 Å². The fourth-order valence-corrected chi connectivity index (χ4v) is 2.49. The fourth-order valence-electron chi connectivity index (χ4n) is 2.49. The molecule has 1 atom stereocenters. The summed E-state index contributed by atoms with van der Waals surface area (Å²) in [5, 5.41) is 10.2. The number of hydrogen-bond acceptors (Lipinski definition) is 4. The molecule has 0 heterocycles. The molecule has 0 aliphatic heterocycles. The normalized spacial score (nSPS) is 17.6. The number of methoxy groups -OCH3 is 1. The lowest BCUT2D eigenvalue weighted by atomic mass is 10.0. The van der Waals surface area contributed by atoms with Gasteiger partial charge in [0.25, 0.3) is 0 Å². The number of carbonyl (C=O) groups excluding carboxylic acids is 1. The van der Waals surface area contributed by atoms with Gasteiger partial charge in [-0.1, -0.05) is 12.1 Å². The van der Waals surface area contributed by atoms with E-state index < -0.39 is 0 Å². The van der Waals surface area contributed by atoms with E-state index in [0.29, 0.717) is 25.0 Å². The Kier molecular flexibility index (Phi) is 3.87. The molecule has 1 unspecified atom stereocenters. The Morgan fingerprint density at radius 2 is 2.28 bits per heavy atom. The zero-order chi connectivity index (χ0) is 13.1. The molecule has 0 saturated heterocycles. The summed E-state index contributed by atoms with van der Waals surface area (Å²) in [5.41, 5.74) is 8.92. The first-order chi connectivity index (χ1) is 8.61. The molecule has 1 aromatic carbocycles. The number of phenolic OH excluding ortho intramolecular Hbond substituents is 1.